The number of carbonyl (C=O) groups excluding carboxylic acids is 2. The van der Waals surface area contributed by atoms with Gasteiger partial charge in [0.15, 0.2) is 0 Å². The van der Waals surface area contributed by atoms with Crippen LogP contribution in [0.2, 0.25) is 5.02 Å². The average molecular weight is 427 g/mol. The Balaban J connectivity index is 1.65. The molecule has 3 rings (SSSR count). The molecule has 2 aromatic rings. The van der Waals surface area contributed by atoms with Crippen molar-refractivity contribution in [3.05, 3.63) is 64.4 Å². The van der Waals surface area contributed by atoms with Gasteiger partial charge in [0.1, 0.15) is 17.1 Å². The molecule has 9 heteroatoms. The second-order valence-electron chi connectivity index (χ2n) is 6.91. The molecule has 1 heterocycles. The zero-order valence-electron chi connectivity index (χ0n) is 15.4. The van der Waals surface area contributed by atoms with Crippen molar-refractivity contribution < 1.29 is 27.5 Å². The topological polar surface area (TPSA) is 58.6 Å². The fourth-order valence-electron chi connectivity index (χ4n) is 3.11. The SMILES string of the molecule is CC1(CCc2ccc(OC(F)F)cc2)NC(=O)N(Cc2ccc(F)cc2Cl)C1=O. The van der Waals surface area contributed by atoms with Gasteiger partial charge in [0.25, 0.3) is 5.91 Å². The zero-order valence-corrected chi connectivity index (χ0v) is 16.2. The Kier molecular flexibility index (Phi) is 6.02. The van der Waals surface area contributed by atoms with Crippen LogP contribution < -0.4 is 10.1 Å². The normalized spacial score (nSPS) is 19.0. The number of alkyl halides is 2. The zero-order chi connectivity index (χ0) is 21.2. The molecular weight excluding hydrogens is 409 g/mol. The quantitative estimate of drug-likeness (QED) is 0.662. The first-order valence-corrected chi connectivity index (χ1v) is 9.17. The summed E-state index contributed by atoms with van der Waals surface area (Å²) in [7, 11) is 0. The van der Waals surface area contributed by atoms with Crippen molar-refractivity contribution in [3.8, 4) is 5.75 Å². The van der Waals surface area contributed by atoms with E-state index in [2.05, 4.69) is 10.1 Å². The molecule has 0 spiro atoms. The van der Waals surface area contributed by atoms with Gasteiger partial charge < -0.3 is 10.1 Å². The minimum Gasteiger partial charge on any atom is -0.435 e. The van der Waals surface area contributed by atoms with Crippen LogP contribution >= 0.6 is 11.6 Å². The summed E-state index contributed by atoms with van der Waals surface area (Å²) in [6, 6.07) is 9.28. The van der Waals surface area contributed by atoms with Crippen LogP contribution in [0, 0.1) is 5.82 Å². The molecule has 0 aromatic heterocycles. The van der Waals surface area contributed by atoms with E-state index >= 15 is 0 Å². The van der Waals surface area contributed by atoms with E-state index in [0.717, 1.165) is 16.5 Å². The molecule has 1 aliphatic heterocycles. The molecule has 1 unspecified atom stereocenters. The lowest BCUT2D eigenvalue weighted by atomic mass is 9.93. The van der Waals surface area contributed by atoms with Gasteiger partial charge in [-0.3, -0.25) is 9.69 Å². The standard InChI is InChI=1S/C20H18ClF3N2O3/c1-20(9-8-12-2-6-15(7-3-12)29-18(23)24)17(27)26(19(28)25-20)11-13-4-5-14(22)10-16(13)21/h2-7,10,18H,8-9,11H2,1H3,(H,25,28). The molecule has 1 N–H and O–H groups in total. The van der Waals surface area contributed by atoms with Crippen molar-refractivity contribution in [1.29, 1.82) is 0 Å². The second-order valence-corrected chi connectivity index (χ2v) is 7.32. The van der Waals surface area contributed by atoms with Crippen LogP contribution in [0.15, 0.2) is 42.5 Å². The number of nitrogens with zero attached hydrogens (tertiary/aromatic N) is 1. The minimum atomic E-state index is -2.90. The molecule has 1 fully saturated rings. The first-order chi connectivity index (χ1) is 13.7. The Hall–Kier alpha value is -2.74. The third kappa shape index (κ3) is 4.82. The molecule has 1 aliphatic rings. The van der Waals surface area contributed by atoms with E-state index in [4.69, 9.17) is 11.6 Å². The van der Waals surface area contributed by atoms with Gasteiger partial charge in [-0.15, -0.1) is 0 Å². The van der Waals surface area contributed by atoms with E-state index in [1.165, 1.54) is 24.3 Å². The van der Waals surface area contributed by atoms with Crippen molar-refractivity contribution >= 4 is 23.5 Å². The summed E-state index contributed by atoms with van der Waals surface area (Å²) >= 11 is 5.99. The molecule has 1 atom stereocenters. The molecular formula is C20H18ClF3N2O3. The fourth-order valence-corrected chi connectivity index (χ4v) is 3.34. The number of hydrogen-bond donors (Lipinski definition) is 1. The van der Waals surface area contributed by atoms with Crippen LogP contribution in [0.4, 0.5) is 18.0 Å². The predicted molar refractivity (Wildman–Crippen MR) is 100 cm³/mol. The van der Waals surface area contributed by atoms with E-state index in [-0.39, 0.29) is 17.3 Å². The van der Waals surface area contributed by atoms with Gasteiger partial charge in [0.05, 0.1) is 6.54 Å². The van der Waals surface area contributed by atoms with Gasteiger partial charge >= 0.3 is 12.6 Å². The summed E-state index contributed by atoms with van der Waals surface area (Å²) in [5.74, 6) is -0.881. The van der Waals surface area contributed by atoms with Crippen molar-refractivity contribution in [3.63, 3.8) is 0 Å². The van der Waals surface area contributed by atoms with E-state index in [9.17, 15) is 22.8 Å². The molecule has 5 nitrogen and oxygen atoms in total. The molecule has 2 aromatic carbocycles. The van der Waals surface area contributed by atoms with E-state index in [1.807, 2.05) is 0 Å². The maximum absolute atomic E-state index is 13.2. The highest BCUT2D eigenvalue weighted by Crippen LogP contribution is 2.27. The number of halogens is 4. The molecule has 154 valence electrons. The Bertz CT molecular complexity index is 924. The monoisotopic (exact) mass is 426 g/mol. The van der Waals surface area contributed by atoms with Crippen LogP contribution in [0.25, 0.3) is 0 Å². The average Bonchev–Trinajstić information content (AvgIpc) is 2.86. The number of ether oxygens (including phenoxy) is 1. The first kappa shape index (κ1) is 21.0. The number of urea groups is 1. The Morgan fingerprint density at radius 3 is 2.48 bits per heavy atom. The summed E-state index contributed by atoms with van der Waals surface area (Å²) in [6.07, 6.45) is 0.739. The number of aryl methyl sites for hydroxylation is 1. The number of nitrogens with one attached hydrogen (secondary N) is 1. The van der Waals surface area contributed by atoms with Crippen LogP contribution in [-0.2, 0) is 17.8 Å². The summed E-state index contributed by atoms with van der Waals surface area (Å²) in [6.45, 7) is -1.35. The second kappa shape index (κ2) is 8.32. The van der Waals surface area contributed by atoms with Crippen LogP contribution in [0.3, 0.4) is 0 Å². The minimum absolute atomic E-state index is 0.0440. The predicted octanol–water partition coefficient (Wildman–Crippen LogP) is 4.52. The molecule has 1 saturated heterocycles. The van der Waals surface area contributed by atoms with Gasteiger partial charge in [-0.1, -0.05) is 29.8 Å². The third-order valence-electron chi connectivity index (χ3n) is 4.75. The van der Waals surface area contributed by atoms with Gasteiger partial charge in [-0.2, -0.15) is 8.78 Å². The van der Waals surface area contributed by atoms with Crippen molar-refractivity contribution in [2.75, 3.05) is 0 Å². The summed E-state index contributed by atoms with van der Waals surface area (Å²) in [5, 5.41) is 2.82. The van der Waals surface area contributed by atoms with Crippen molar-refractivity contribution in [2.24, 2.45) is 0 Å². The summed E-state index contributed by atoms with van der Waals surface area (Å²) in [5.41, 5.74) is 0.132. The number of amides is 3. The smallest absolute Gasteiger partial charge is 0.387 e. The highest BCUT2D eigenvalue weighted by Gasteiger charge is 2.47. The van der Waals surface area contributed by atoms with Crippen molar-refractivity contribution in [1.82, 2.24) is 10.2 Å². The summed E-state index contributed by atoms with van der Waals surface area (Å²) in [4.78, 5) is 26.2. The number of imide groups is 1. The molecule has 0 saturated carbocycles. The van der Waals surface area contributed by atoms with Crippen LogP contribution in [0.5, 0.6) is 5.75 Å². The molecule has 3 amide bonds. The lowest BCUT2D eigenvalue weighted by Gasteiger charge is -2.22. The number of benzene rings is 2. The Labute approximate surface area is 170 Å². The van der Waals surface area contributed by atoms with Gasteiger partial charge in [0, 0.05) is 5.02 Å². The highest BCUT2D eigenvalue weighted by molar-refractivity contribution is 6.31. The maximum atomic E-state index is 13.2. The number of carbonyl (C=O) groups is 2. The number of hydrogen-bond acceptors (Lipinski definition) is 3. The lowest BCUT2D eigenvalue weighted by Crippen LogP contribution is -2.44. The molecule has 29 heavy (non-hydrogen) atoms. The molecule has 0 bridgehead atoms. The highest BCUT2D eigenvalue weighted by atomic mass is 35.5. The Morgan fingerprint density at radius 2 is 1.86 bits per heavy atom. The lowest BCUT2D eigenvalue weighted by molar-refractivity contribution is -0.131. The maximum Gasteiger partial charge on any atom is 0.387 e. The van der Waals surface area contributed by atoms with Crippen LogP contribution in [0.1, 0.15) is 24.5 Å². The van der Waals surface area contributed by atoms with Gasteiger partial charge in [-0.05, 0) is 55.2 Å². The van der Waals surface area contributed by atoms with Gasteiger partial charge in [0.2, 0.25) is 0 Å². The molecule has 0 aliphatic carbocycles. The third-order valence-corrected chi connectivity index (χ3v) is 5.10. The van der Waals surface area contributed by atoms with E-state index < -0.39 is 29.9 Å². The van der Waals surface area contributed by atoms with Crippen molar-refractivity contribution in [2.45, 2.75) is 38.5 Å². The molecule has 0 radical (unpaired) electrons. The van der Waals surface area contributed by atoms with Crippen LogP contribution in [-0.4, -0.2) is 29.0 Å². The number of rotatable bonds is 7. The Morgan fingerprint density at radius 1 is 1.17 bits per heavy atom. The van der Waals surface area contributed by atoms with Gasteiger partial charge in [-0.25, -0.2) is 9.18 Å². The van der Waals surface area contributed by atoms with E-state index in [1.54, 1.807) is 19.1 Å². The fraction of sp³-hybridized carbons (Fsp3) is 0.300. The summed E-state index contributed by atoms with van der Waals surface area (Å²) < 4.78 is 41.9. The van der Waals surface area contributed by atoms with E-state index in [0.29, 0.717) is 18.4 Å². The first-order valence-electron chi connectivity index (χ1n) is 8.80. The largest absolute Gasteiger partial charge is 0.435 e.